The van der Waals surface area contributed by atoms with E-state index in [4.69, 9.17) is 4.98 Å². The van der Waals surface area contributed by atoms with Gasteiger partial charge in [-0.1, -0.05) is 13.0 Å². The fraction of sp³-hybridized carbons (Fsp3) is 0.278. The predicted octanol–water partition coefficient (Wildman–Crippen LogP) is 2.23. The Morgan fingerprint density at radius 2 is 2.09 bits per heavy atom. The summed E-state index contributed by atoms with van der Waals surface area (Å²) in [6, 6.07) is 6.47. The number of nitrogens with zero attached hydrogens (tertiary/aromatic N) is 3. The Hall–Kier alpha value is -2.49. The van der Waals surface area contributed by atoms with E-state index in [1.807, 2.05) is 20.0 Å². The molecule has 0 bridgehead atoms. The van der Waals surface area contributed by atoms with Crippen molar-refractivity contribution in [2.45, 2.75) is 20.3 Å². The van der Waals surface area contributed by atoms with Gasteiger partial charge in [0.05, 0.1) is 5.52 Å². The predicted molar refractivity (Wildman–Crippen MR) is 93.0 cm³/mol. The summed E-state index contributed by atoms with van der Waals surface area (Å²) < 4.78 is 0. The Morgan fingerprint density at radius 3 is 2.73 bits per heavy atom. The number of fused-ring (bicyclic) bond motifs is 2. The van der Waals surface area contributed by atoms with Crippen LogP contribution in [0.25, 0.3) is 17.0 Å². The van der Waals surface area contributed by atoms with Crippen LogP contribution in [0.5, 0.6) is 0 Å². The largest absolute Gasteiger partial charge is 0.388 e. The Kier molecular flexibility index (Phi) is 3.75. The topological polar surface area (TPSA) is 49.6 Å². The van der Waals surface area contributed by atoms with Crippen molar-refractivity contribution in [1.29, 1.82) is 0 Å². The zero-order valence-corrected chi connectivity index (χ0v) is 13.4. The van der Waals surface area contributed by atoms with E-state index in [2.05, 4.69) is 46.5 Å². The molecule has 1 aromatic carbocycles. The van der Waals surface area contributed by atoms with E-state index in [0.29, 0.717) is 0 Å². The summed E-state index contributed by atoms with van der Waals surface area (Å²) in [5.74, 6) is 0.737. The first-order valence-electron chi connectivity index (χ1n) is 7.55. The highest BCUT2D eigenvalue weighted by Gasteiger charge is 2.10. The molecule has 1 aliphatic heterocycles. The SMILES string of the molecule is C/C=C1/C=c2cc3cc(CC)c(NC)cc3nc2=N/C1=N/C. The molecule has 22 heavy (non-hydrogen) atoms. The lowest BCUT2D eigenvalue weighted by Crippen LogP contribution is -2.33. The fourth-order valence-electron chi connectivity index (χ4n) is 2.78. The molecule has 0 aliphatic carbocycles. The highest BCUT2D eigenvalue weighted by Crippen LogP contribution is 2.21. The van der Waals surface area contributed by atoms with Crippen molar-refractivity contribution in [3.8, 4) is 0 Å². The van der Waals surface area contributed by atoms with Gasteiger partial charge in [-0.15, -0.1) is 0 Å². The van der Waals surface area contributed by atoms with Crippen LogP contribution >= 0.6 is 0 Å². The van der Waals surface area contributed by atoms with E-state index in [9.17, 15) is 0 Å². The first-order valence-corrected chi connectivity index (χ1v) is 7.55. The number of aromatic nitrogens is 1. The maximum absolute atomic E-state index is 4.72. The van der Waals surface area contributed by atoms with Gasteiger partial charge in [0, 0.05) is 36.0 Å². The number of aliphatic imine (C=N–C) groups is 1. The summed E-state index contributed by atoms with van der Waals surface area (Å²) in [7, 11) is 3.70. The molecule has 0 saturated heterocycles. The van der Waals surface area contributed by atoms with Crippen LogP contribution in [0.1, 0.15) is 19.4 Å². The summed E-state index contributed by atoms with van der Waals surface area (Å²) in [5, 5.41) is 5.44. The van der Waals surface area contributed by atoms with Gasteiger partial charge in [0.15, 0.2) is 11.3 Å². The second-order valence-electron chi connectivity index (χ2n) is 5.25. The van der Waals surface area contributed by atoms with E-state index < -0.39 is 0 Å². The number of amidine groups is 1. The van der Waals surface area contributed by atoms with Crippen molar-refractivity contribution in [2.24, 2.45) is 9.98 Å². The molecule has 1 aliphatic rings. The van der Waals surface area contributed by atoms with Crippen molar-refractivity contribution in [3.05, 3.63) is 46.1 Å². The molecule has 0 saturated carbocycles. The molecule has 1 N–H and O–H groups in total. The average Bonchev–Trinajstić information content (AvgIpc) is 2.57. The summed E-state index contributed by atoms with van der Waals surface area (Å²) in [4.78, 5) is 13.5. The van der Waals surface area contributed by atoms with Crippen molar-refractivity contribution >= 4 is 28.5 Å². The van der Waals surface area contributed by atoms with Gasteiger partial charge in [-0.25, -0.2) is 9.98 Å². The molecule has 3 rings (SSSR count). The van der Waals surface area contributed by atoms with Gasteiger partial charge in [-0.05, 0) is 43.2 Å². The number of pyridine rings is 1. The fourth-order valence-corrected chi connectivity index (χ4v) is 2.78. The number of nitrogens with one attached hydrogen (secondary N) is 1. The van der Waals surface area contributed by atoms with Crippen LogP contribution in [-0.2, 0) is 6.42 Å². The molecule has 0 fully saturated rings. The van der Waals surface area contributed by atoms with Crippen LogP contribution in [0, 0.1) is 0 Å². The Balaban J connectivity index is 2.35. The number of rotatable bonds is 2. The van der Waals surface area contributed by atoms with Crippen LogP contribution < -0.4 is 16.0 Å². The molecule has 4 nitrogen and oxygen atoms in total. The third kappa shape index (κ3) is 2.30. The molecule has 1 aromatic heterocycles. The lowest BCUT2D eigenvalue weighted by molar-refractivity contribution is 1.13. The first kappa shape index (κ1) is 14.4. The highest BCUT2D eigenvalue weighted by atomic mass is 14.9. The van der Waals surface area contributed by atoms with Crippen LogP contribution in [0.3, 0.4) is 0 Å². The summed E-state index contributed by atoms with van der Waals surface area (Å²) in [5.41, 5.74) is 5.16. The second kappa shape index (κ2) is 5.72. The number of hydrogen-bond acceptors (Lipinski definition) is 3. The molecular formula is C18H20N4. The summed E-state index contributed by atoms with van der Waals surface area (Å²) >= 11 is 0. The van der Waals surface area contributed by atoms with E-state index in [1.54, 1.807) is 7.05 Å². The summed E-state index contributed by atoms with van der Waals surface area (Å²) in [6.45, 7) is 4.16. The van der Waals surface area contributed by atoms with Crippen molar-refractivity contribution < 1.29 is 0 Å². The van der Waals surface area contributed by atoms with Crippen LogP contribution in [-0.4, -0.2) is 24.9 Å². The Bertz CT molecular complexity index is 844. The van der Waals surface area contributed by atoms with Crippen molar-refractivity contribution in [3.63, 3.8) is 0 Å². The minimum atomic E-state index is 0.737. The van der Waals surface area contributed by atoms with Gasteiger partial charge in [0.25, 0.3) is 0 Å². The quantitative estimate of drug-likeness (QED) is 0.922. The van der Waals surface area contributed by atoms with E-state index in [0.717, 1.165) is 45.1 Å². The van der Waals surface area contributed by atoms with E-state index >= 15 is 0 Å². The monoisotopic (exact) mass is 292 g/mol. The van der Waals surface area contributed by atoms with Gasteiger partial charge in [0.1, 0.15) is 0 Å². The third-order valence-electron chi connectivity index (χ3n) is 4.00. The van der Waals surface area contributed by atoms with Crippen LogP contribution in [0.4, 0.5) is 5.69 Å². The molecular weight excluding hydrogens is 272 g/mol. The number of benzene rings is 1. The lowest BCUT2D eigenvalue weighted by atomic mass is 10.0. The van der Waals surface area contributed by atoms with Crippen LogP contribution in [0.15, 0.2) is 39.8 Å². The third-order valence-corrected chi connectivity index (χ3v) is 4.00. The minimum Gasteiger partial charge on any atom is -0.388 e. The normalized spacial score (nSPS) is 17.3. The summed E-state index contributed by atoms with van der Waals surface area (Å²) in [6.07, 6.45) is 5.12. The number of hydrogen-bond donors (Lipinski definition) is 1. The molecule has 0 spiro atoms. The van der Waals surface area contributed by atoms with Gasteiger partial charge < -0.3 is 5.32 Å². The Morgan fingerprint density at radius 1 is 1.27 bits per heavy atom. The number of anilines is 1. The molecule has 0 atom stereocenters. The lowest BCUT2D eigenvalue weighted by Gasteiger charge is -2.11. The average molecular weight is 292 g/mol. The van der Waals surface area contributed by atoms with Gasteiger partial charge in [0.2, 0.25) is 0 Å². The zero-order chi connectivity index (χ0) is 15.7. The maximum Gasteiger partial charge on any atom is 0.162 e. The molecule has 2 aromatic rings. The first-order chi connectivity index (χ1) is 10.7. The molecule has 0 radical (unpaired) electrons. The molecule has 2 heterocycles. The smallest absolute Gasteiger partial charge is 0.162 e. The highest BCUT2D eigenvalue weighted by molar-refractivity contribution is 6.07. The maximum atomic E-state index is 4.72. The zero-order valence-electron chi connectivity index (χ0n) is 13.4. The second-order valence-corrected chi connectivity index (χ2v) is 5.25. The van der Waals surface area contributed by atoms with Gasteiger partial charge >= 0.3 is 0 Å². The molecule has 0 unspecified atom stereocenters. The molecule has 4 heteroatoms. The number of allylic oxidation sites excluding steroid dienone is 1. The van der Waals surface area contributed by atoms with Gasteiger partial charge in [-0.3, -0.25) is 4.99 Å². The minimum absolute atomic E-state index is 0.737. The van der Waals surface area contributed by atoms with Crippen molar-refractivity contribution in [1.82, 2.24) is 4.98 Å². The standard InChI is InChI=1S/C18H20N4/c1-5-11-7-13-9-14-8-12(6-2)17(20-4)22-18(14)21-16(13)10-15(11)19-3/h6-10,19H,5H2,1-4H3/b12-6-,20-17+. The molecule has 112 valence electrons. The van der Waals surface area contributed by atoms with Crippen molar-refractivity contribution in [2.75, 3.05) is 19.4 Å². The Labute approximate surface area is 130 Å². The molecule has 0 amide bonds. The number of aryl methyl sites for hydroxylation is 1. The van der Waals surface area contributed by atoms with E-state index in [1.165, 1.54) is 5.56 Å². The van der Waals surface area contributed by atoms with Gasteiger partial charge in [-0.2, -0.15) is 0 Å². The van der Waals surface area contributed by atoms with E-state index in [-0.39, 0.29) is 0 Å². The van der Waals surface area contributed by atoms with Crippen LogP contribution in [0.2, 0.25) is 0 Å².